The molecule has 4 aromatic rings. The van der Waals surface area contributed by atoms with Gasteiger partial charge in [-0.15, -0.1) is 0 Å². The van der Waals surface area contributed by atoms with Crippen molar-refractivity contribution >= 4 is 23.7 Å². The largest absolute Gasteiger partial charge is 0.496 e. The fraction of sp³-hybridized carbons (Fsp3) is 0.176. The smallest absolute Gasteiger partial charge is 0.343 e. The van der Waals surface area contributed by atoms with Crippen LogP contribution in [0.1, 0.15) is 67.8 Å². The number of benzene rings is 4. The van der Waals surface area contributed by atoms with Crippen LogP contribution in [0, 0.1) is 0 Å². The lowest BCUT2D eigenvalue weighted by molar-refractivity contribution is 0.00674. The first-order chi connectivity index (χ1) is 20.5. The summed E-state index contributed by atoms with van der Waals surface area (Å²) in [5, 5.41) is 0. The first-order valence-corrected chi connectivity index (χ1v) is 13.2. The van der Waals surface area contributed by atoms with E-state index >= 15 is 0 Å². The minimum atomic E-state index is -0.877. The Hall–Kier alpha value is -5.44. The van der Waals surface area contributed by atoms with Gasteiger partial charge in [0.1, 0.15) is 39.7 Å². The molecule has 43 heavy (non-hydrogen) atoms. The zero-order chi connectivity index (χ0) is 31.1. The summed E-state index contributed by atoms with van der Waals surface area (Å²) in [6.07, 6.45) is 0. The van der Waals surface area contributed by atoms with Crippen molar-refractivity contribution in [2.75, 3.05) is 14.2 Å². The van der Waals surface area contributed by atoms with Crippen molar-refractivity contribution in [3.63, 3.8) is 0 Å². The molecule has 0 saturated heterocycles. The molecule has 0 bridgehead atoms. The zero-order valence-electron chi connectivity index (χ0n) is 24.3. The second kappa shape index (κ2) is 13.0. The van der Waals surface area contributed by atoms with Gasteiger partial charge in [0.05, 0.1) is 30.9 Å². The lowest BCUT2D eigenvalue weighted by atomic mass is 9.97. The minimum Gasteiger partial charge on any atom is -0.496 e. The average Bonchev–Trinajstić information content (AvgIpc) is 3.00. The molecule has 220 valence electrons. The van der Waals surface area contributed by atoms with Crippen LogP contribution in [-0.2, 0) is 4.74 Å². The molecule has 9 nitrogen and oxygen atoms in total. The van der Waals surface area contributed by atoms with E-state index < -0.39 is 29.3 Å². The SMILES string of the molecule is COc1cccc(OC)c1C(=O)c1c(OC(=O)c2ccccc2)cc(C(=O)OC(C)(C)C)cc1OC(=O)c1ccccc1. The second-order valence-electron chi connectivity index (χ2n) is 10.2. The van der Waals surface area contributed by atoms with Crippen LogP contribution in [0.4, 0.5) is 0 Å². The maximum absolute atomic E-state index is 14.3. The van der Waals surface area contributed by atoms with Crippen LogP contribution in [0.5, 0.6) is 23.0 Å². The Morgan fingerprint density at radius 2 is 0.930 bits per heavy atom. The van der Waals surface area contributed by atoms with Gasteiger partial charge in [-0.2, -0.15) is 0 Å². The van der Waals surface area contributed by atoms with E-state index in [0.717, 1.165) is 0 Å². The average molecular weight is 583 g/mol. The van der Waals surface area contributed by atoms with E-state index in [2.05, 4.69) is 0 Å². The number of rotatable bonds is 9. The summed E-state index contributed by atoms with van der Waals surface area (Å²) in [5.41, 5.74) is -0.971. The molecule has 0 saturated carbocycles. The van der Waals surface area contributed by atoms with E-state index in [-0.39, 0.29) is 50.8 Å². The van der Waals surface area contributed by atoms with Crippen LogP contribution in [0.15, 0.2) is 91.0 Å². The number of hydrogen-bond acceptors (Lipinski definition) is 9. The van der Waals surface area contributed by atoms with E-state index in [1.165, 1.54) is 50.6 Å². The topological polar surface area (TPSA) is 114 Å². The van der Waals surface area contributed by atoms with E-state index in [9.17, 15) is 19.2 Å². The molecule has 0 aromatic heterocycles. The third-order valence-corrected chi connectivity index (χ3v) is 6.01. The predicted octanol–water partition coefficient (Wildman–Crippen LogP) is 6.33. The molecule has 4 rings (SSSR count). The summed E-state index contributed by atoms with van der Waals surface area (Å²) in [7, 11) is 2.76. The molecular formula is C34H30O9. The second-order valence-corrected chi connectivity index (χ2v) is 10.2. The quantitative estimate of drug-likeness (QED) is 0.127. The highest BCUT2D eigenvalue weighted by Gasteiger charge is 2.31. The van der Waals surface area contributed by atoms with Crippen molar-refractivity contribution < 1.29 is 42.9 Å². The van der Waals surface area contributed by atoms with Crippen molar-refractivity contribution in [1.82, 2.24) is 0 Å². The van der Waals surface area contributed by atoms with E-state index in [1.807, 2.05) is 0 Å². The monoisotopic (exact) mass is 582 g/mol. The molecule has 0 heterocycles. The first kappa shape index (κ1) is 30.5. The number of esters is 3. The summed E-state index contributed by atoms with van der Waals surface area (Å²) in [5.74, 6) is -3.56. The Balaban J connectivity index is 1.97. The van der Waals surface area contributed by atoms with E-state index in [1.54, 1.807) is 75.4 Å². The van der Waals surface area contributed by atoms with Crippen molar-refractivity contribution in [3.8, 4) is 23.0 Å². The lowest BCUT2D eigenvalue weighted by Gasteiger charge is -2.21. The van der Waals surface area contributed by atoms with Crippen LogP contribution in [0.3, 0.4) is 0 Å². The normalized spacial score (nSPS) is 10.8. The summed E-state index contributed by atoms with van der Waals surface area (Å²) >= 11 is 0. The van der Waals surface area contributed by atoms with Gasteiger partial charge in [-0.05, 0) is 69.3 Å². The third kappa shape index (κ3) is 7.26. The Bertz CT molecular complexity index is 1560. The Morgan fingerprint density at radius 3 is 1.33 bits per heavy atom. The summed E-state index contributed by atoms with van der Waals surface area (Å²) in [6.45, 7) is 5.05. The van der Waals surface area contributed by atoms with Crippen LogP contribution in [-0.4, -0.2) is 43.5 Å². The molecule has 0 amide bonds. The maximum Gasteiger partial charge on any atom is 0.343 e. The summed E-state index contributed by atoms with van der Waals surface area (Å²) in [6, 6.07) is 23.3. The van der Waals surface area contributed by atoms with Gasteiger partial charge < -0.3 is 23.7 Å². The molecule has 9 heteroatoms. The van der Waals surface area contributed by atoms with Gasteiger partial charge in [-0.25, -0.2) is 14.4 Å². The van der Waals surface area contributed by atoms with Crippen molar-refractivity contribution in [2.24, 2.45) is 0 Å². The molecule has 0 spiro atoms. The molecular weight excluding hydrogens is 552 g/mol. The minimum absolute atomic E-state index is 0.0217. The zero-order valence-corrected chi connectivity index (χ0v) is 24.3. The molecule has 0 atom stereocenters. The summed E-state index contributed by atoms with van der Waals surface area (Å²) < 4.78 is 27.9. The molecule has 0 N–H and O–H groups in total. The number of ether oxygens (including phenoxy) is 5. The molecule has 4 aromatic carbocycles. The fourth-order valence-electron chi connectivity index (χ4n) is 4.10. The molecule has 0 aliphatic rings. The molecule has 0 radical (unpaired) electrons. The van der Waals surface area contributed by atoms with E-state index in [4.69, 9.17) is 23.7 Å². The van der Waals surface area contributed by atoms with Crippen molar-refractivity contribution in [2.45, 2.75) is 26.4 Å². The lowest BCUT2D eigenvalue weighted by Crippen LogP contribution is -2.24. The standard InChI is InChI=1S/C34H30O9/c1-34(2,3)43-33(38)23-19-26(41-31(36)21-13-8-6-9-14-21)29(27(20-23)42-32(37)22-15-10-7-11-16-22)30(35)28-24(39-4)17-12-18-25(28)40-5/h6-20H,1-5H3. The molecule has 0 aliphatic carbocycles. The number of ketones is 1. The van der Waals surface area contributed by atoms with Crippen LogP contribution in [0.25, 0.3) is 0 Å². The van der Waals surface area contributed by atoms with Crippen LogP contribution >= 0.6 is 0 Å². The first-order valence-electron chi connectivity index (χ1n) is 13.2. The molecule has 0 fully saturated rings. The van der Waals surface area contributed by atoms with E-state index in [0.29, 0.717) is 0 Å². The number of carbonyl (C=O) groups is 4. The van der Waals surface area contributed by atoms with Gasteiger partial charge in [0, 0.05) is 0 Å². The number of methoxy groups -OCH3 is 2. The third-order valence-electron chi connectivity index (χ3n) is 6.01. The molecule has 0 unspecified atom stereocenters. The maximum atomic E-state index is 14.3. The summed E-state index contributed by atoms with van der Waals surface area (Å²) in [4.78, 5) is 54.0. The van der Waals surface area contributed by atoms with Gasteiger partial charge in [0.2, 0.25) is 5.78 Å². The Kier molecular flexibility index (Phi) is 9.25. The molecule has 0 aliphatic heterocycles. The highest BCUT2D eigenvalue weighted by Crippen LogP contribution is 2.39. The van der Waals surface area contributed by atoms with Gasteiger partial charge >= 0.3 is 17.9 Å². The van der Waals surface area contributed by atoms with Gasteiger partial charge in [-0.3, -0.25) is 4.79 Å². The predicted molar refractivity (Wildman–Crippen MR) is 157 cm³/mol. The number of carbonyl (C=O) groups excluding carboxylic acids is 4. The van der Waals surface area contributed by atoms with Gasteiger partial charge in [0.25, 0.3) is 0 Å². The van der Waals surface area contributed by atoms with Gasteiger partial charge in [-0.1, -0.05) is 42.5 Å². The Morgan fingerprint density at radius 1 is 0.512 bits per heavy atom. The fourth-order valence-corrected chi connectivity index (χ4v) is 4.10. The van der Waals surface area contributed by atoms with Crippen molar-refractivity contribution in [3.05, 3.63) is 119 Å². The van der Waals surface area contributed by atoms with Crippen LogP contribution < -0.4 is 18.9 Å². The highest BCUT2D eigenvalue weighted by molar-refractivity contribution is 6.17. The number of hydrogen-bond donors (Lipinski definition) is 0. The van der Waals surface area contributed by atoms with Crippen molar-refractivity contribution in [1.29, 1.82) is 0 Å². The highest BCUT2D eigenvalue weighted by atomic mass is 16.6. The Labute approximate surface area is 248 Å². The van der Waals surface area contributed by atoms with Gasteiger partial charge in [0.15, 0.2) is 0 Å². The van der Waals surface area contributed by atoms with Crippen LogP contribution in [0.2, 0.25) is 0 Å².